The Labute approximate surface area is 193 Å². The number of halogens is 2. The number of hydrogen-bond donors (Lipinski definition) is 1. The molecule has 1 N–H and O–H groups in total. The highest BCUT2D eigenvalue weighted by Gasteiger charge is 2.27. The molecule has 31 heavy (non-hydrogen) atoms. The molecule has 0 saturated carbocycles. The van der Waals surface area contributed by atoms with Gasteiger partial charge in [-0.3, -0.25) is 9.80 Å². The lowest BCUT2D eigenvalue weighted by molar-refractivity contribution is -0.0495. The SMILES string of the molecule is O[C@H](CN1CCN(C(c2ccccc2)c2ccccc2)CC1)Oc1ccc(Cl)c(Cl)c1. The molecule has 1 heterocycles. The van der Waals surface area contributed by atoms with Crippen LogP contribution in [0, 0.1) is 0 Å². The van der Waals surface area contributed by atoms with E-state index in [-0.39, 0.29) is 6.04 Å². The summed E-state index contributed by atoms with van der Waals surface area (Å²) in [6.07, 6.45) is -0.928. The molecular weight excluding hydrogens is 431 g/mol. The first-order valence-corrected chi connectivity index (χ1v) is 11.2. The molecule has 4 nitrogen and oxygen atoms in total. The predicted octanol–water partition coefficient (Wildman–Crippen LogP) is 5.10. The van der Waals surface area contributed by atoms with E-state index >= 15 is 0 Å². The van der Waals surface area contributed by atoms with Gasteiger partial charge in [0, 0.05) is 32.2 Å². The van der Waals surface area contributed by atoms with Crippen molar-refractivity contribution >= 4 is 23.2 Å². The molecule has 4 rings (SSSR count). The fourth-order valence-corrected chi connectivity index (χ4v) is 4.34. The third kappa shape index (κ3) is 5.79. The number of piperazine rings is 1. The Morgan fingerprint density at radius 1 is 0.774 bits per heavy atom. The van der Waals surface area contributed by atoms with Gasteiger partial charge in [0.25, 0.3) is 0 Å². The fourth-order valence-electron chi connectivity index (χ4n) is 4.05. The summed E-state index contributed by atoms with van der Waals surface area (Å²) in [5.41, 5.74) is 2.59. The van der Waals surface area contributed by atoms with Gasteiger partial charge in [0.2, 0.25) is 6.29 Å². The van der Waals surface area contributed by atoms with Gasteiger partial charge in [-0.05, 0) is 23.3 Å². The van der Waals surface area contributed by atoms with Gasteiger partial charge in [0.05, 0.1) is 22.6 Å². The topological polar surface area (TPSA) is 35.9 Å². The Kier molecular flexibility index (Phi) is 7.49. The summed E-state index contributed by atoms with van der Waals surface area (Å²) in [6.45, 7) is 3.98. The van der Waals surface area contributed by atoms with Crippen molar-refractivity contribution in [1.82, 2.24) is 9.80 Å². The van der Waals surface area contributed by atoms with Crippen LogP contribution >= 0.6 is 23.2 Å². The smallest absolute Gasteiger partial charge is 0.210 e. The Balaban J connectivity index is 1.37. The number of β-amino-alcohol motifs (C(OH)–C–C–N with tert-alkyl or cyclic N) is 1. The molecule has 3 aromatic carbocycles. The normalized spacial score (nSPS) is 16.4. The Hall–Kier alpha value is -2.08. The fraction of sp³-hybridized carbons (Fsp3) is 0.280. The number of ether oxygens (including phenoxy) is 1. The molecule has 1 aliphatic rings. The number of rotatable bonds is 7. The van der Waals surface area contributed by atoms with Crippen LogP contribution in [0.4, 0.5) is 0 Å². The minimum atomic E-state index is -0.928. The van der Waals surface area contributed by atoms with E-state index in [1.54, 1.807) is 18.2 Å². The van der Waals surface area contributed by atoms with E-state index in [1.165, 1.54) is 11.1 Å². The maximum Gasteiger partial charge on any atom is 0.210 e. The average molecular weight is 457 g/mol. The molecule has 1 saturated heterocycles. The van der Waals surface area contributed by atoms with Crippen LogP contribution in [-0.2, 0) is 0 Å². The molecule has 1 aliphatic heterocycles. The molecule has 1 atom stereocenters. The van der Waals surface area contributed by atoms with E-state index in [1.807, 2.05) is 0 Å². The van der Waals surface area contributed by atoms with Gasteiger partial charge in [0.1, 0.15) is 5.75 Å². The zero-order chi connectivity index (χ0) is 21.6. The Morgan fingerprint density at radius 2 is 1.35 bits per heavy atom. The molecule has 0 bridgehead atoms. The molecule has 6 heteroatoms. The van der Waals surface area contributed by atoms with E-state index in [0.717, 1.165) is 26.2 Å². The maximum absolute atomic E-state index is 10.4. The second-order valence-corrected chi connectivity index (χ2v) is 8.52. The number of benzene rings is 3. The predicted molar refractivity (Wildman–Crippen MR) is 126 cm³/mol. The molecule has 3 aromatic rings. The number of hydrogen-bond acceptors (Lipinski definition) is 4. The average Bonchev–Trinajstić information content (AvgIpc) is 2.79. The van der Waals surface area contributed by atoms with Crippen molar-refractivity contribution in [2.45, 2.75) is 12.3 Å². The molecule has 0 aliphatic carbocycles. The highest BCUT2D eigenvalue weighted by atomic mass is 35.5. The molecule has 0 aromatic heterocycles. The van der Waals surface area contributed by atoms with Gasteiger partial charge in [-0.2, -0.15) is 0 Å². The second kappa shape index (κ2) is 10.5. The number of nitrogens with zero attached hydrogens (tertiary/aromatic N) is 2. The summed E-state index contributed by atoms with van der Waals surface area (Å²) in [5, 5.41) is 11.3. The van der Waals surface area contributed by atoms with E-state index in [0.29, 0.717) is 22.3 Å². The highest BCUT2D eigenvalue weighted by molar-refractivity contribution is 6.42. The number of aliphatic hydroxyl groups excluding tert-OH is 1. The first kappa shape index (κ1) is 22.1. The lowest BCUT2D eigenvalue weighted by atomic mass is 9.96. The minimum Gasteiger partial charge on any atom is -0.464 e. The lowest BCUT2D eigenvalue weighted by Gasteiger charge is -2.40. The summed E-state index contributed by atoms with van der Waals surface area (Å²) in [5.74, 6) is 0.508. The van der Waals surface area contributed by atoms with Gasteiger partial charge in [0.15, 0.2) is 0 Å². The Bertz CT molecular complexity index is 924. The second-order valence-electron chi connectivity index (χ2n) is 7.71. The van der Waals surface area contributed by atoms with Crippen LogP contribution in [0.25, 0.3) is 0 Å². The summed E-state index contributed by atoms with van der Waals surface area (Å²) in [4.78, 5) is 4.74. The third-order valence-electron chi connectivity index (χ3n) is 5.58. The van der Waals surface area contributed by atoms with Crippen molar-refractivity contribution in [3.63, 3.8) is 0 Å². The van der Waals surface area contributed by atoms with Crippen LogP contribution in [-0.4, -0.2) is 53.9 Å². The van der Waals surface area contributed by atoms with Gasteiger partial charge in [-0.15, -0.1) is 0 Å². The zero-order valence-electron chi connectivity index (χ0n) is 17.2. The Morgan fingerprint density at radius 3 is 1.90 bits per heavy atom. The maximum atomic E-state index is 10.4. The summed E-state index contributed by atoms with van der Waals surface area (Å²) < 4.78 is 5.62. The quantitative estimate of drug-likeness (QED) is 0.501. The van der Waals surface area contributed by atoms with Crippen molar-refractivity contribution in [3.05, 3.63) is 100 Å². The lowest BCUT2D eigenvalue weighted by Crippen LogP contribution is -2.50. The third-order valence-corrected chi connectivity index (χ3v) is 6.32. The molecule has 1 fully saturated rings. The van der Waals surface area contributed by atoms with Gasteiger partial charge >= 0.3 is 0 Å². The van der Waals surface area contributed by atoms with Crippen LogP contribution in [0.3, 0.4) is 0 Å². The molecule has 0 amide bonds. The molecule has 162 valence electrons. The van der Waals surface area contributed by atoms with Gasteiger partial charge < -0.3 is 9.84 Å². The minimum absolute atomic E-state index is 0.224. The first-order valence-electron chi connectivity index (χ1n) is 10.5. The standard InChI is InChI=1S/C25H26Cl2N2O2/c26-22-12-11-21(17-23(22)27)31-24(30)18-28-13-15-29(16-14-28)25(19-7-3-1-4-8-19)20-9-5-2-6-10-20/h1-12,17,24-25,30H,13-16,18H2/t24-/m0/s1. The first-order chi connectivity index (χ1) is 15.1. The zero-order valence-corrected chi connectivity index (χ0v) is 18.7. The highest BCUT2D eigenvalue weighted by Crippen LogP contribution is 2.30. The van der Waals surface area contributed by atoms with Crippen LogP contribution < -0.4 is 4.74 Å². The number of aliphatic hydroxyl groups is 1. The van der Waals surface area contributed by atoms with Gasteiger partial charge in [-0.1, -0.05) is 83.9 Å². The summed E-state index contributed by atoms with van der Waals surface area (Å²) >= 11 is 12.0. The van der Waals surface area contributed by atoms with Crippen LogP contribution in [0.2, 0.25) is 10.0 Å². The van der Waals surface area contributed by atoms with E-state index < -0.39 is 6.29 Å². The van der Waals surface area contributed by atoms with Crippen molar-refractivity contribution < 1.29 is 9.84 Å². The van der Waals surface area contributed by atoms with E-state index in [4.69, 9.17) is 27.9 Å². The molecular formula is C25H26Cl2N2O2. The monoisotopic (exact) mass is 456 g/mol. The molecule has 0 unspecified atom stereocenters. The molecule has 0 radical (unpaired) electrons. The molecule has 0 spiro atoms. The van der Waals surface area contributed by atoms with Crippen molar-refractivity contribution in [3.8, 4) is 5.75 Å². The van der Waals surface area contributed by atoms with E-state index in [9.17, 15) is 5.11 Å². The van der Waals surface area contributed by atoms with Crippen molar-refractivity contribution in [2.24, 2.45) is 0 Å². The van der Waals surface area contributed by atoms with Crippen molar-refractivity contribution in [2.75, 3.05) is 32.7 Å². The van der Waals surface area contributed by atoms with Crippen LogP contribution in [0.15, 0.2) is 78.9 Å². The summed E-state index contributed by atoms with van der Waals surface area (Å²) in [6, 6.07) is 26.5. The van der Waals surface area contributed by atoms with Gasteiger partial charge in [-0.25, -0.2) is 0 Å². The van der Waals surface area contributed by atoms with Crippen LogP contribution in [0.5, 0.6) is 5.75 Å². The van der Waals surface area contributed by atoms with E-state index in [2.05, 4.69) is 70.5 Å². The summed E-state index contributed by atoms with van der Waals surface area (Å²) in [7, 11) is 0. The van der Waals surface area contributed by atoms with Crippen LogP contribution in [0.1, 0.15) is 17.2 Å². The largest absolute Gasteiger partial charge is 0.464 e. The van der Waals surface area contributed by atoms with Crippen molar-refractivity contribution in [1.29, 1.82) is 0 Å².